The Morgan fingerprint density at radius 2 is 1.63 bits per heavy atom. The second kappa shape index (κ2) is 9.07. The van der Waals surface area contributed by atoms with Gasteiger partial charge in [-0.05, 0) is 70.2 Å². The maximum atomic E-state index is 4.99. The van der Waals surface area contributed by atoms with Crippen molar-refractivity contribution in [1.82, 2.24) is 10.3 Å². The minimum Gasteiger partial charge on any atom is -0.383 e. The van der Waals surface area contributed by atoms with Crippen LogP contribution in [-0.2, 0) is 0 Å². The third-order valence-corrected chi connectivity index (χ3v) is 7.46. The first kappa shape index (κ1) is 21.3. The second-order valence-electron chi connectivity index (χ2n) is 9.01. The van der Waals surface area contributed by atoms with Gasteiger partial charge in [-0.1, -0.05) is 37.0 Å². The van der Waals surface area contributed by atoms with Crippen LogP contribution in [0, 0.1) is 34.6 Å². The number of benzene rings is 1. The molecule has 1 aromatic carbocycles. The number of nitrogens with zero attached hydrogens (tertiary/aromatic N) is 1. The van der Waals surface area contributed by atoms with Crippen LogP contribution in [-0.4, -0.2) is 24.1 Å². The van der Waals surface area contributed by atoms with Gasteiger partial charge in [-0.25, -0.2) is 0 Å². The normalized spacial score (nSPS) is 15.1. The maximum absolute atomic E-state index is 4.99. The number of fused-ring (bicyclic) bond motifs is 1. The molecule has 1 aliphatic carbocycles. The van der Waals surface area contributed by atoms with Gasteiger partial charge in [-0.2, -0.15) is 0 Å². The number of nitrogens with one attached hydrogen (secondary N) is 2. The Kier molecular flexibility index (Phi) is 6.45. The number of anilines is 1. The van der Waals surface area contributed by atoms with Gasteiger partial charge in [0.25, 0.3) is 0 Å². The largest absolute Gasteiger partial charge is 0.383 e. The van der Waals surface area contributed by atoms with E-state index in [0.717, 1.165) is 24.3 Å². The molecule has 2 aromatic heterocycles. The van der Waals surface area contributed by atoms with E-state index in [1.807, 2.05) is 11.3 Å². The Labute approximate surface area is 185 Å². The maximum Gasteiger partial charge on any atom is 0.0915 e. The van der Waals surface area contributed by atoms with Crippen LogP contribution >= 0.6 is 11.3 Å². The summed E-state index contributed by atoms with van der Waals surface area (Å²) in [4.78, 5) is 7.65. The molecule has 0 bridgehead atoms. The molecular weight excluding hydrogens is 386 g/mol. The first-order chi connectivity index (χ1) is 14.4. The van der Waals surface area contributed by atoms with E-state index in [-0.39, 0.29) is 0 Å². The lowest BCUT2D eigenvalue weighted by Crippen LogP contribution is -2.34. The summed E-state index contributed by atoms with van der Waals surface area (Å²) in [6.45, 7) is 12.9. The van der Waals surface area contributed by atoms with Crippen molar-refractivity contribution in [2.75, 3.05) is 18.4 Å². The van der Waals surface area contributed by atoms with Gasteiger partial charge in [-0.15, -0.1) is 11.3 Å². The van der Waals surface area contributed by atoms with Crippen LogP contribution in [0.25, 0.3) is 21.3 Å². The Hall–Kier alpha value is -1.91. The van der Waals surface area contributed by atoms with E-state index in [1.165, 1.54) is 75.2 Å². The number of hydrogen-bond acceptors (Lipinski definition) is 4. The van der Waals surface area contributed by atoms with E-state index in [0.29, 0.717) is 6.04 Å². The molecule has 2 N–H and O–H groups in total. The van der Waals surface area contributed by atoms with Gasteiger partial charge in [0.05, 0.1) is 10.4 Å². The molecule has 3 nitrogen and oxygen atoms in total. The standard InChI is InChI=1S/C26H35N3S/c1-16-13-17(2)23(18(3)14-16)26-25-24(20(5)30-26)22(15-19(4)29-25)28-12-11-27-21-9-7-6-8-10-21/h13-15,21,27-28H,6-12H2,1-5H3. The molecule has 0 unspecified atom stereocenters. The lowest BCUT2D eigenvalue weighted by Gasteiger charge is -2.23. The van der Waals surface area contributed by atoms with E-state index in [4.69, 9.17) is 4.98 Å². The molecule has 0 radical (unpaired) electrons. The van der Waals surface area contributed by atoms with Crippen molar-refractivity contribution >= 4 is 27.9 Å². The van der Waals surface area contributed by atoms with Crippen molar-refractivity contribution in [1.29, 1.82) is 0 Å². The summed E-state index contributed by atoms with van der Waals surface area (Å²) in [5.74, 6) is 0. The second-order valence-corrected chi connectivity index (χ2v) is 10.2. The highest BCUT2D eigenvalue weighted by atomic mass is 32.1. The van der Waals surface area contributed by atoms with E-state index in [9.17, 15) is 0 Å². The monoisotopic (exact) mass is 421 g/mol. The molecule has 0 amide bonds. The zero-order chi connectivity index (χ0) is 21.3. The first-order valence-electron chi connectivity index (χ1n) is 11.4. The summed E-state index contributed by atoms with van der Waals surface area (Å²) in [7, 11) is 0. The predicted octanol–water partition coefficient (Wildman–Crippen LogP) is 6.84. The van der Waals surface area contributed by atoms with E-state index < -0.39 is 0 Å². The molecule has 4 heteroatoms. The third kappa shape index (κ3) is 4.40. The van der Waals surface area contributed by atoms with Crippen molar-refractivity contribution in [2.24, 2.45) is 0 Å². The molecule has 3 aromatic rings. The summed E-state index contributed by atoms with van der Waals surface area (Å²) < 4.78 is 0. The Bertz CT molecular complexity index is 1020. The minimum atomic E-state index is 0.710. The summed E-state index contributed by atoms with van der Waals surface area (Å²) >= 11 is 1.88. The van der Waals surface area contributed by atoms with Gasteiger partial charge in [0.2, 0.25) is 0 Å². The van der Waals surface area contributed by atoms with Gasteiger partial charge in [0, 0.05) is 40.8 Å². The molecule has 0 saturated heterocycles. The highest BCUT2D eigenvalue weighted by Gasteiger charge is 2.19. The molecule has 30 heavy (non-hydrogen) atoms. The Morgan fingerprint density at radius 3 is 2.33 bits per heavy atom. The van der Waals surface area contributed by atoms with Crippen LogP contribution in [0.1, 0.15) is 59.4 Å². The summed E-state index contributed by atoms with van der Waals surface area (Å²) in [5, 5.41) is 8.75. The number of aromatic nitrogens is 1. The lowest BCUT2D eigenvalue weighted by molar-refractivity contribution is 0.378. The van der Waals surface area contributed by atoms with E-state index >= 15 is 0 Å². The Morgan fingerprint density at radius 1 is 0.933 bits per heavy atom. The van der Waals surface area contributed by atoms with Crippen molar-refractivity contribution in [2.45, 2.75) is 72.8 Å². The van der Waals surface area contributed by atoms with Gasteiger partial charge in [0.1, 0.15) is 0 Å². The van der Waals surface area contributed by atoms with Gasteiger partial charge in [-0.3, -0.25) is 4.98 Å². The zero-order valence-electron chi connectivity index (χ0n) is 19.1. The fraction of sp³-hybridized carbons (Fsp3) is 0.500. The molecule has 1 saturated carbocycles. The van der Waals surface area contributed by atoms with Crippen molar-refractivity contribution in [3.05, 3.63) is 45.5 Å². The highest BCUT2D eigenvalue weighted by molar-refractivity contribution is 7.17. The molecule has 0 atom stereocenters. The number of hydrogen-bond donors (Lipinski definition) is 2. The van der Waals surface area contributed by atoms with E-state index in [2.05, 4.69) is 63.5 Å². The fourth-order valence-electron chi connectivity index (χ4n) is 5.07. The quantitative estimate of drug-likeness (QED) is 0.428. The number of pyridine rings is 1. The van der Waals surface area contributed by atoms with Gasteiger partial charge >= 0.3 is 0 Å². The van der Waals surface area contributed by atoms with Crippen LogP contribution < -0.4 is 10.6 Å². The van der Waals surface area contributed by atoms with Crippen LogP contribution in [0.5, 0.6) is 0 Å². The summed E-state index contributed by atoms with van der Waals surface area (Å²) in [6.07, 6.45) is 6.83. The van der Waals surface area contributed by atoms with Crippen molar-refractivity contribution in [3.8, 4) is 10.4 Å². The average Bonchev–Trinajstić information content (AvgIpc) is 3.01. The van der Waals surface area contributed by atoms with Crippen LogP contribution in [0.15, 0.2) is 18.2 Å². The van der Waals surface area contributed by atoms with Gasteiger partial charge in [0.15, 0.2) is 0 Å². The molecule has 160 valence electrons. The molecule has 2 heterocycles. The SMILES string of the molecule is Cc1cc(C)c(-c2sc(C)c3c(NCCNC4CCCCC4)cc(C)nc23)c(C)c1. The topological polar surface area (TPSA) is 37.0 Å². The minimum absolute atomic E-state index is 0.710. The predicted molar refractivity (Wildman–Crippen MR) is 132 cm³/mol. The smallest absolute Gasteiger partial charge is 0.0915 e. The summed E-state index contributed by atoms with van der Waals surface area (Å²) in [6, 6.07) is 7.49. The van der Waals surface area contributed by atoms with E-state index in [1.54, 1.807) is 0 Å². The van der Waals surface area contributed by atoms with Crippen LogP contribution in [0.3, 0.4) is 0 Å². The summed E-state index contributed by atoms with van der Waals surface area (Å²) in [5.41, 5.74) is 8.80. The molecule has 4 rings (SSSR count). The molecule has 0 aliphatic heterocycles. The van der Waals surface area contributed by atoms with Crippen LogP contribution in [0.4, 0.5) is 5.69 Å². The fourth-order valence-corrected chi connectivity index (χ4v) is 6.36. The number of rotatable bonds is 6. The lowest BCUT2D eigenvalue weighted by atomic mass is 9.95. The molecule has 1 fully saturated rings. The van der Waals surface area contributed by atoms with Crippen LogP contribution in [0.2, 0.25) is 0 Å². The molecule has 0 spiro atoms. The zero-order valence-corrected chi connectivity index (χ0v) is 19.9. The van der Waals surface area contributed by atoms with Gasteiger partial charge < -0.3 is 10.6 Å². The average molecular weight is 422 g/mol. The Balaban J connectivity index is 1.61. The molecule has 1 aliphatic rings. The molecular formula is C26H35N3S. The van der Waals surface area contributed by atoms with Crippen molar-refractivity contribution < 1.29 is 0 Å². The number of aryl methyl sites for hydroxylation is 5. The number of thiophene rings is 1. The third-order valence-electron chi connectivity index (χ3n) is 6.35. The van der Waals surface area contributed by atoms with Crippen molar-refractivity contribution in [3.63, 3.8) is 0 Å². The first-order valence-corrected chi connectivity index (χ1v) is 12.2. The highest BCUT2D eigenvalue weighted by Crippen LogP contribution is 2.43.